The third-order valence-corrected chi connectivity index (χ3v) is 2.96. The summed E-state index contributed by atoms with van der Waals surface area (Å²) in [6.07, 6.45) is 1.16. The highest BCUT2D eigenvalue weighted by atomic mass is 79.9. The van der Waals surface area contributed by atoms with Crippen molar-refractivity contribution >= 4 is 33.7 Å². The predicted octanol–water partition coefficient (Wildman–Crippen LogP) is 1.50. The van der Waals surface area contributed by atoms with Gasteiger partial charge in [-0.3, -0.25) is 0 Å². The van der Waals surface area contributed by atoms with Crippen LogP contribution in [0.2, 0.25) is 0 Å². The fourth-order valence-electron chi connectivity index (χ4n) is 1.41. The molecule has 9 nitrogen and oxygen atoms in total. The SMILES string of the molecule is CCNc1nc(-n2cc(OC(=O)O)cn2)nc(N)c1Br. The van der Waals surface area contributed by atoms with Crippen molar-refractivity contribution < 1.29 is 14.6 Å². The van der Waals surface area contributed by atoms with Gasteiger partial charge in [-0.2, -0.15) is 15.1 Å². The van der Waals surface area contributed by atoms with Crippen LogP contribution in [0.15, 0.2) is 16.9 Å². The lowest BCUT2D eigenvalue weighted by Gasteiger charge is -2.09. The molecule has 0 saturated heterocycles. The Balaban J connectivity index is 2.37. The monoisotopic (exact) mass is 342 g/mol. The summed E-state index contributed by atoms with van der Waals surface area (Å²) in [7, 11) is 0. The van der Waals surface area contributed by atoms with E-state index >= 15 is 0 Å². The molecular weight excluding hydrogens is 332 g/mol. The number of carbonyl (C=O) groups is 1. The summed E-state index contributed by atoms with van der Waals surface area (Å²) in [5, 5.41) is 15.5. The van der Waals surface area contributed by atoms with Crippen molar-refractivity contribution in [1.29, 1.82) is 0 Å². The lowest BCUT2D eigenvalue weighted by Crippen LogP contribution is -2.10. The first-order valence-electron chi connectivity index (χ1n) is 5.54. The van der Waals surface area contributed by atoms with Crippen LogP contribution in [0, 0.1) is 0 Å². The maximum atomic E-state index is 10.4. The van der Waals surface area contributed by atoms with Gasteiger partial charge in [0.15, 0.2) is 5.75 Å². The summed E-state index contributed by atoms with van der Waals surface area (Å²) in [4.78, 5) is 18.7. The number of anilines is 2. The topological polar surface area (TPSA) is 128 Å². The van der Waals surface area contributed by atoms with E-state index in [4.69, 9.17) is 10.8 Å². The highest BCUT2D eigenvalue weighted by molar-refractivity contribution is 9.10. The number of rotatable bonds is 4. The number of halogens is 1. The van der Waals surface area contributed by atoms with Crippen LogP contribution < -0.4 is 15.8 Å². The second-order valence-electron chi connectivity index (χ2n) is 3.59. The van der Waals surface area contributed by atoms with Crippen molar-refractivity contribution in [2.24, 2.45) is 0 Å². The number of nitrogens with zero attached hydrogens (tertiary/aromatic N) is 4. The molecule has 106 valence electrons. The van der Waals surface area contributed by atoms with Gasteiger partial charge in [0.2, 0.25) is 0 Å². The van der Waals surface area contributed by atoms with Crippen LogP contribution in [0.1, 0.15) is 6.92 Å². The molecular formula is C10H11BrN6O3. The summed E-state index contributed by atoms with van der Waals surface area (Å²) < 4.78 is 6.29. The van der Waals surface area contributed by atoms with Crippen LogP contribution >= 0.6 is 15.9 Å². The first-order valence-corrected chi connectivity index (χ1v) is 6.33. The number of ether oxygens (including phenoxy) is 1. The minimum atomic E-state index is -1.42. The number of nitrogen functional groups attached to an aromatic ring is 1. The van der Waals surface area contributed by atoms with Crippen LogP contribution in [0.5, 0.6) is 5.75 Å². The van der Waals surface area contributed by atoms with Gasteiger partial charge in [-0.05, 0) is 22.9 Å². The number of aromatic nitrogens is 4. The largest absolute Gasteiger partial charge is 0.511 e. The zero-order valence-electron chi connectivity index (χ0n) is 10.4. The van der Waals surface area contributed by atoms with E-state index < -0.39 is 6.16 Å². The van der Waals surface area contributed by atoms with Crippen molar-refractivity contribution in [1.82, 2.24) is 19.7 Å². The van der Waals surface area contributed by atoms with E-state index in [-0.39, 0.29) is 17.5 Å². The van der Waals surface area contributed by atoms with Crippen molar-refractivity contribution in [2.75, 3.05) is 17.6 Å². The highest BCUT2D eigenvalue weighted by Crippen LogP contribution is 2.26. The lowest BCUT2D eigenvalue weighted by atomic mass is 10.5. The van der Waals surface area contributed by atoms with Crippen LogP contribution in [0.3, 0.4) is 0 Å². The Bertz CT molecular complexity index is 644. The third-order valence-electron chi connectivity index (χ3n) is 2.18. The van der Waals surface area contributed by atoms with Gasteiger partial charge in [-0.1, -0.05) is 0 Å². The van der Waals surface area contributed by atoms with Gasteiger partial charge in [0, 0.05) is 6.54 Å². The van der Waals surface area contributed by atoms with E-state index in [0.29, 0.717) is 16.8 Å². The van der Waals surface area contributed by atoms with Crippen molar-refractivity contribution in [2.45, 2.75) is 6.92 Å². The minimum Gasteiger partial charge on any atom is -0.449 e. The van der Waals surface area contributed by atoms with Gasteiger partial charge in [0.25, 0.3) is 5.95 Å². The Hall–Kier alpha value is -2.36. The number of carboxylic acid groups (broad SMARTS) is 1. The molecule has 0 spiro atoms. The molecule has 0 aliphatic rings. The van der Waals surface area contributed by atoms with Crippen LogP contribution in [-0.4, -0.2) is 37.6 Å². The molecule has 0 bridgehead atoms. The number of nitrogens with two attached hydrogens (primary N) is 1. The molecule has 2 aromatic heterocycles. The van der Waals surface area contributed by atoms with Gasteiger partial charge in [0.05, 0.1) is 12.4 Å². The van der Waals surface area contributed by atoms with Gasteiger partial charge in [-0.15, -0.1) is 0 Å². The number of hydrogen-bond donors (Lipinski definition) is 3. The molecule has 0 amide bonds. The quantitative estimate of drug-likeness (QED) is 0.713. The van der Waals surface area contributed by atoms with Crippen LogP contribution in [0.25, 0.3) is 5.95 Å². The van der Waals surface area contributed by atoms with Crippen molar-refractivity contribution in [3.8, 4) is 11.7 Å². The van der Waals surface area contributed by atoms with Gasteiger partial charge in [0.1, 0.15) is 16.1 Å². The average Bonchev–Trinajstić information content (AvgIpc) is 2.82. The summed E-state index contributed by atoms with van der Waals surface area (Å²) in [5.74, 6) is 1.02. The standard InChI is InChI=1S/C10H11BrN6O3/c1-2-13-8-6(11)7(12)15-9(16-8)17-4-5(3-14-17)20-10(18)19/h3-4H,2H2,1H3,(H,18,19)(H3,12,13,15,16). The molecule has 0 unspecified atom stereocenters. The molecule has 4 N–H and O–H groups in total. The fraction of sp³-hybridized carbons (Fsp3) is 0.200. The molecule has 2 heterocycles. The third kappa shape index (κ3) is 2.96. The van der Waals surface area contributed by atoms with E-state index in [1.165, 1.54) is 17.1 Å². The van der Waals surface area contributed by atoms with Crippen LogP contribution in [-0.2, 0) is 0 Å². The number of hydrogen-bond acceptors (Lipinski definition) is 7. The second kappa shape index (κ2) is 5.74. The van der Waals surface area contributed by atoms with Gasteiger partial charge in [-0.25, -0.2) is 9.48 Å². The molecule has 0 radical (unpaired) electrons. The Morgan fingerprint density at radius 3 is 3.00 bits per heavy atom. The summed E-state index contributed by atoms with van der Waals surface area (Å²) in [6, 6.07) is 0. The second-order valence-corrected chi connectivity index (χ2v) is 4.38. The maximum absolute atomic E-state index is 10.4. The predicted molar refractivity (Wildman–Crippen MR) is 74.1 cm³/mol. The van der Waals surface area contributed by atoms with Gasteiger partial charge < -0.3 is 20.9 Å². The van der Waals surface area contributed by atoms with Crippen molar-refractivity contribution in [3.05, 3.63) is 16.9 Å². The van der Waals surface area contributed by atoms with E-state index in [9.17, 15) is 4.79 Å². The smallest absolute Gasteiger partial charge is 0.449 e. The molecule has 0 fully saturated rings. The average molecular weight is 343 g/mol. The Morgan fingerprint density at radius 2 is 2.35 bits per heavy atom. The van der Waals surface area contributed by atoms with Crippen LogP contribution in [0.4, 0.5) is 16.4 Å². The first kappa shape index (κ1) is 14.1. The molecule has 0 aliphatic heterocycles. The first-order chi connectivity index (χ1) is 9.51. The van der Waals surface area contributed by atoms with E-state index in [1.54, 1.807) is 0 Å². The summed E-state index contributed by atoms with van der Waals surface area (Å²) in [6.45, 7) is 2.57. The summed E-state index contributed by atoms with van der Waals surface area (Å²) >= 11 is 3.28. The van der Waals surface area contributed by atoms with E-state index in [1.807, 2.05) is 6.92 Å². The molecule has 0 aromatic carbocycles. The minimum absolute atomic E-state index is 0.0626. The zero-order valence-corrected chi connectivity index (χ0v) is 12.0. The highest BCUT2D eigenvalue weighted by Gasteiger charge is 2.13. The van der Waals surface area contributed by atoms with E-state index in [2.05, 4.69) is 41.1 Å². The van der Waals surface area contributed by atoms with Gasteiger partial charge >= 0.3 is 6.16 Å². The van der Waals surface area contributed by atoms with E-state index in [0.717, 1.165) is 0 Å². The Morgan fingerprint density at radius 1 is 1.60 bits per heavy atom. The molecule has 0 atom stereocenters. The Kier molecular flexibility index (Phi) is 4.03. The van der Waals surface area contributed by atoms with Crippen molar-refractivity contribution in [3.63, 3.8) is 0 Å². The molecule has 2 aromatic rings. The Labute approximate surface area is 121 Å². The number of nitrogens with one attached hydrogen (secondary N) is 1. The molecule has 0 saturated carbocycles. The molecule has 20 heavy (non-hydrogen) atoms. The molecule has 0 aliphatic carbocycles. The fourth-order valence-corrected chi connectivity index (χ4v) is 1.73. The lowest BCUT2D eigenvalue weighted by molar-refractivity contribution is 0.144. The normalized spacial score (nSPS) is 10.3. The maximum Gasteiger partial charge on any atom is 0.511 e. The molecule has 2 rings (SSSR count). The zero-order chi connectivity index (χ0) is 14.7. The molecule has 10 heteroatoms. The summed E-state index contributed by atoms with van der Waals surface area (Å²) in [5.41, 5.74) is 5.77.